The van der Waals surface area contributed by atoms with E-state index < -0.39 is 0 Å². The van der Waals surface area contributed by atoms with Gasteiger partial charge in [-0.2, -0.15) is 5.10 Å². The first kappa shape index (κ1) is 12.2. The molecule has 0 aliphatic rings. The molecule has 0 saturated heterocycles. The second-order valence-corrected chi connectivity index (χ2v) is 3.59. The van der Waals surface area contributed by atoms with Crippen LogP contribution in [0.2, 0.25) is 0 Å². The molecule has 86 valence electrons. The summed E-state index contributed by atoms with van der Waals surface area (Å²) in [6, 6.07) is -0.0638. The van der Waals surface area contributed by atoms with Gasteiger partial charge in [0.1, 0.15) is 6.10 Å². The SMILES string of the molecule is COCCOC(c1cnn(C)c1)C(C)N. The Bertz CT molecular complexity index is 286. The third-order valence-electron chi connectivity index (χ3n) is 2.12. The third kappa shape index (κ3) is 3.62. The summed E-state index contributed by atoms with van der Waals surface area (Å²) in [6.07, 6.45) is 3.58. The van der Waals surface area contributed by atoms with Crippen LogP contribution >= 0.6 is 0 Å². The van der Waals surface area contributed by atoms with Crippen molar-refractivity contribution >= 4 is 0 Å². The second kappa shape index (κ2) is 5.85. The van der Waals surface area contributed by atoms with Crippen LogP contribution in [-0.4, -0.2) is 36.1 Å². The van der Waals surface area contributed by atoms with E-state index in [9.17, 15) is 0 Å². The van der Waals surface area contributed by atoms with Crippen LogP contribution in [0.3, 0.4) is 0 Å². The van der Waals surface area contributed by atoms with Gasteiger partial charge in [-0.1, -0.05) is 0 Å². The van der Waals surface area contributed by atoms with E-state index >= 15 is 0 Å². The first-order chi connectivity index (χ1) is 7.15. The molecule has 1 heterocycles. The normalized spacial score (nSPS) is 15.2. The number of aromatic nitrogens is 2. The number of hydrogen-bond acceptors (Lipinski definition) is 4. The standard InChI is InChI=1S/C10H19N3O2/c1-8(11)10(15-5-4-14-3)9-6-12-13(2)7-9/h6-8,10H,4-5,11H2,1-3H3. The molecule has 2 atom stereocenters. The summed E-state index contributed by atoms with van der Waals surface area (Å²) in [7, 11) is 3.52. The van der Waals surface area contributed by atoms with Crippen molar-refractivity contribution in [3.63, 3.8) is 0 Å². The van der Waals surface area contributed by atoms with Crippen molar-refractivity contribution in [2.75, 3.05) is 20.3 Å². The number of hydrogen-bond donors (Lipinski definition) is 1. The van der Waals surface area contributed by atoms with Gasteiger partial charge in [-0.3, -0.25) is 4.68 Å². The summed E-state index contributed by atoms with van der Waals surface area (Å²) in [5.41, 5.74) is 6.86. The lowest BCUT2D eigenvalue weighted by Gasteiger charge is -2.19. The first-order valence-corrected chi connectivity index (χ1v) is 4.99. The predicted octanol–water partition coefficient (Wildman–Crippen LogP) is 0.471. The van der Waals surface area contributed by atoms with Crippen molar-refractivity contribution in [1.29, 1.82) is 0 Å². The maximum absolute atomic E-state index is 5.86. The van der Waals surface area contributed by atoms with Gasteiger partial charge in [0.25, 0.3) is 0 Å². The van der Waals surface area contributed by atoms with Crippen LogP contribution in [0.15, 0.2) is 12.4 Å². The van der Waals surface area contributed by atoms with Crippen LogP contribution in [0.4, 0.5) is 0 Å². The summed E-state index contributed by atoms with van der Waals surface area (Å²) in [5.74, 6) is 0. The highest BCUT2D eigenvalue weighted by Gasteiger charge is 2.18. The van der Waals surface area contributed by atoms with Crippen LogP contribution in [-0.2, 0) is 16.5 Å². The van der Waals surface area contributed by atoms with Crippen LogP contribution in [0.1, 0.15) is 18.6 Å². The van der Waals surface area contributed by atoms with E-state index in [1.54, 1.807) is 18.0 Å². The number of ether oxygens (including phenoxy) is 2. The Morgan fingerprint density at radius 1 is 1.53 bits per heavy atom. The van der Waals surface area contributed by atoms with Crippen molar-refractivity contribution in [2.24, 2.45) is 12.8 Å². The molecule has 0 aromatic carbocycles. The van der Waals surface area contributed by atoms with E-state index in [1.807, 2.05) is 20.2 Å². The Kier molecular flexibility index (Phi) is 4.74. The van der Waals surface area contributed by atoms with E-state index in [-0.39, 0.29) is 12.1 Å². The molecule has 0 spiro atoms. The topological polar surface area (TPSA) is 62.3 Å². The van der Waals surface area contributed by atoms with Gasteiger partial charge < -0.3 is 15.2 Å². The summed E-state index contributed by atoms with van der Waals surface area (Å²) >= 11 is 0. The molecule has 5 heteroatoms. The molecule has 5 nitrogen and oxygen atoms in total. The van der Waals surface area contributed by atoms with Gasteiger partial charge in [-0.05, 0) is 6.92 Å². The maximum Gasteiger partial charge on any atom is 0.100 e. The molecular formula is C10H19N3O2. The molecule has 1 aromatic rings. The molecule has 2 unspecified atom stereocenters. The predicted molar refractivity (Wildman–Crippen MR) is 57.4 cm³/mol. The van der Waals surface area contributed by atoms with Crippen LogP contribution in [0, 0.1) is 0 Å². The highest BCUT2D eigenvalue weighted by atomic mass is 16.5. The summed E-state index contributed by atoms with van der Waals surface area (Å²) in [5, 5.41) is 4.10. The molecule has 1 rings (SSSR count). The van der Waals surface area contributed by atoms with E-state index in [2.05, 4.69) is 5.10 Å². The van der Waals surface area contributed by atoms with Gasteiger partial charge in [0, 0.05) is 32.0 Å². The number of methoxy groups -OCH3 is 1. The lowest BCUT2D eigenvalue weighted by molar-refractivity contribution is 0.00615. The van der Waals surface area contributed by atoms with Gasteiger partial charge in [0.05, 0.1) is 19.4 Å². The van der Waals surface area contributed by atoms with Crippen molar-refractivity contribution in [1.82, 2.24) is 9.78 Å². The first-order valence-electron chi connectivity index (χ1n) is 4.99. The largest absolute Gasteiger partial charge is 0.382 e. The zero-order valence-electron chi connectivity index (χ0n) is 9.51. The minimum Gasteiger partial charge on any atom is -0.382 e. The highest BCUT2D eigenvalue weighted by molar-refractivity contribution is 5.10. The van der Waals surface area contributed by atoms with Gasteiger partial charge in [0.2, 0.25) is 0 Å². The second-order valence-electron chi connectivity index (χ2n) is 3.59. The number of nitrogens with two attached hydrogens (primary N) is 1. The number of nitrogens with zero attached hydrogens (tertiary/aromatic N) is 2. The average Bonchev–Trinajstić information content (AvgIpc) is 2.59. The van der Waals surface area contributed by atoms with Gasteiger partial charge >= 0.3 is 0 Å². The van der Waals surface area contributed by atoms with Gasteiger partial charge in [-0.15, -0.1) is 0 Å². The smallest absolute Gasteiger partial charge is 0.100 e. The Labute approximate surface area is 90.2 Å². The van der Waals surface area contributed by atoms with Crippen molar-refractivity contribution in [3.05, 3.63) is 18.0 Å². The maximum atomic E-state index is 5.86. The summed E-state index contributed by atoms with van der Waals surface area (Å²) < 4.78 is 12.3. The summed E-state index contributed by atoms with van der Waals surface area (Å²) in [4.78, 5) is 0. The fraction of sp³-hybridized carbons (Fsp3) is 0.700. The molecule has 0 amide bonds. The van der Waals surface area contributed by atoms with Crippen LogP contribution in [0.25, 0.3) is 0 Å². The van der Waals surface area contributed by atoms with Gasteiger partial charge in [-0.25, -0.2) is 0 Å². The number of rotatable bonds is 6. The van der Waals surface area contributed by atoms with E-state index in [0.717, 1.165) is 5.56 Å². The average molecular weight is 213 g/mol. The van der Waals surface area contributed by atoms with Crippen LogP contribution < -0.4 is 5.73 Å². The third-order valence-corrected chi connectivity index (χ3v) is 2.12. The fourth-order valence-electron chi connectivity index (χ4n) is 1.40. The molecule has 1 aromatic heterocycles. The minimum absolute atomic E-state index is 0.0638. The van der Waals surface area contributed by atoms with E-state index in [1.165, 1.54) is 0 Å². The lowest BCUT2D eigenvalue weighted by atomic mass is 10.1. The highest BCUT2D eigenvalue weighted by Crippen LogP contribution is 2.19. The monoisotopic (exact) mass is 213 g/mol. The quantitative estimate of drug-likeness (QED) is 0.698. The minimum atomic E-state index is -0.117. The molecule has 0 saturated carbocycles. The van der Waals surface area contributed by atoms with Crippen LogP contribution in [0.5, 0.6) is 0 Å². The van der Waals surface area contributed by atoms with Gasteiger partial charge in [0.15, 0.2) is 0 Å². The Balaban J connectivity index is 2.58. The molecule has 0 radical (unpaired) electrons. The lowest BCUT2D eigenvalue weighted by Crippen LogP contribution is -2.27. The fourth-order valence-corrected chi connectivity index (χ4v) is 1.40. The molecule has 0 fully saturated rings. The molecule has 0 bridgehead atoms. The van der Waals surface area contributed by atoms with Crippen molar-refractivity contribution < 1.29 is 9.47 Å². The van der Waals surface area contributed by atoms with Crippen molar-refractivity contribution in [2.45, 2.75) is 19.1 Å². The molecular weight excluding hydrogens is 194 g/mol. The summed E-state index contributed by atoms with van der Waals surface area (Å²) in [6.45, 7) is 3.03. The number of aryl methyl sites for hydroxylation is 1. The molecule has 2 N–H and O–H groups in total. The van der Waals surface area contributed by atoms with Crippen molar-refractivity contribution in [3.8, 4) is 0 Å². The van der Waals surface area contributed by atoms with E-state index in [0.29, 0.717) is 13.2 Å². The Morgan fingerprint density at radius 3 is 2.73 bits per heavy atom. The molecule has 0 aliphatic heterocycles. The zero-order valence-corrected chi connectivity index (χ0v) is 9.51. The van der Waals surface area contributed by atoms with E-state index in [4.69, 9.17) is 15.2 Å². The zero-order chi connectivity index (χ0) is 11.3. The molecule has 15 heavy (non-hydrogen) atoms. The Hall–Kier alpha value is -0.910. The Morgan fingerprint density at radius 2 is 2.27 bits per heavy atom. The molecule has 0 aliphatic carbocycles.